The average molecular weight is 228 g/mol. The number of rotatable bonds is 6. The summed E-state index contributed by atoms with van der Waals surface area (Å²) in [5.41, 5.74) is -0.143. The predicted octanol–water partition coefficient (Wildman–Crippen LogP) is 1.61. The minimum absolute atomic E-state index is 0.143. The first-order valence-corrected chi connectivity index (χ1v) is 6.59. The molecule has 1 fully saturated rings. The number of nitrogens with zero attached hydrogens (tertiary/aromatic N) is 1. The molecule has 0 bridgehead atoms. The minimum atomic E-state index is -0.143. The number of likely N-dealkylation sites (tertiary alicyclic amines) is 1. The Morgan fingerprint density at radius 3 is 2.25 bits per heavy atom. The van der Waals surface area contributed by atoms with E-state index in [4.69, 9.17) is 0 Å². The first kappa shape index (κ1) is 13.9. The summed E-state index contributed by atoms with van der Waals surface area (Å²) in [5.74, 6) is 0. The summed E-state index contributed by atoms with van der Waals surface area (Å²) in [6.07, 6.45) is 3.68. The second kappa shape index (κ2) is 5.99. The van der Waals surface area contributed by atoms with Crippen LogP contribution in [0.1, 0.15) is 47.0 Å². The smallest absolute Gasteiger partial charge is 0.0611 e. The van der Waals surface area contributed by atoms with Crippen molar-refractivity contribution in [3.05, 3.63) is 0 Å². The molecule has 0 aromatic heterocycles. The minimum Gasteiger partial charge on any atom is -0.394 e. The SMILES string of the molecule is CC(C)NC(C)(CO)CC(C)N1CCCC1. The molecule has 1 saturated heterocycles. The van der Waals surface area contributed by atoms with Crippen molar-refractivity contribution >= 4 is 0 Å². The average Bonchev–Trinajstić information content (AvgIpc) is 2.69. The Bertz CT molecular complexity index is 202. The Morgan fingerprint density at radius 2 is 1.81 bits per heavy atom. The third-order valence-electron chi connectivity index (χ3n) is 3.50. The third-order valence-corrected chi connectivity index (χ3v) is 3.50. The second-order valence-corrected chi connectivity index (χ2v) is 5.81. The lowest BCUT2D eigenvalue weighted by atomic mass is 9.93. The maximum absolute atomic E-state index is 9.54. The molecule has 0 aromatic carbocycles. The first-order valence-electron chi connectivity index (χ1n) is 6.59. The summed E-state index contributed by atoms with van der Waals surface area (Å²) < 4.78 is 0. The molecule has 96 valence electrons. The fourth-order valence-electron chi connectivity index (χ4n) is 2.83. The number of aliphatic hydroxyl groups excluding tert-OH is 1. The van der Waals surface area contributed by atoms with Gasteiger partial charge in [-0.05, 0) is 46.2 Å². The van der Waals surface area contributed by atoms with Gasteiger partial charge >= 0.3 is 0 Å². The quantitative estimate of drug-likeness (QED) is 0.725. The van der Waals surface area contributed by atoms with Gasteiger partial charge in [0.15, 0.2) is 0 Å². The van der Waals surface area contributed by atoms with Crippen molar-refractivity contribution in [2.75, 3.05) is 19.7 Å². The zero-order chi connectivity index (χ0) is 12.2. The molecule has 0 saturated carbocycles. The van der Waals surface area contributed by atoms with Gasteiger partial charge in [-0.15, -0.1) is 0 Å². The molecule has 2 N–H and O–H groups in total. The number of hydrogen-bond acceptors (Lipinski definition) is 3. The van der Waals surface area contributed by atoms with E-state index in [0.29, 0.717) is 12.1 Å². The highest BCUT2D eigenvalue weighted by Gasteiger charge is 2.29. The highest BCUT2D eigenvalue weighted by Crippen LogP contribution is 2.20. The molecule has 3 heteroatoms. The van der Waals surface area contributed by atoms with E-state index in [1.807, 2.05) is 0 Å². The molecule has 1 rings (SSSR count). The molecule has 0 spiro atoms. The van der Waals surface area contributed by atoms with E-state index in [2.05, 4.69) is 37.9 Å². The van der Waals surface area contributed by atoms with Crippen molar-refractivity contribution in [1.82, 2.24) is 10.2 Å². The van der Waals surface area contributed by atoms with Crippen LogP contribution in [0.2, 0.25) is 0 Å². The van der Waals surface area contributed by atoms with Gasteiger partial charge in [-0.25, -0.2) is 0 Å². The highest BCUT2D eigenvalue weighted by atomic mass is 16.3. The second-order valence-electron chi connectivity index (χ2n) is 5.81. The standard InChI is InChI=1S/C13H28N2O/c1-11(2)14-13(4,10-16)9-12(3)15-7-5-6-8-15/h11-12,14,16H,5-10H2,1-4H3. The lowest BCUT2D eigenvalue weighted by molar-refractivity contribution is 0.119. The molecule has 3 nitrogen and oxygen atoms in total. The van der Waals surface area contributed by atoms with Crippen LogP contribution in [0, 0.1) is 0 Å². The van der Waals surface area contributed by atoms with Crippen molar-refractivity contribution in [2.24, 2.45) is 0 Å². The number of aliphatic hydroxyl groups is 1. The monoisotopic (exact) mass is 228 g/mol. The Kier molecular flexibility index (Phi) is 5.22. The fraction of sp³-hybridized carbons (Fsp3) is 1.00. The van der Waals surface area contributed by atoms with Gasteiger partial charge in [-0.3, -0.25) is 0 Å². The van der Waals surface area contributed by atoms with Gasteiger partial charge in [0.25, 0.3) is 0 Å². The van der Waals surface area contributed by atoms with Crippen LogP contribution in [0.3, 0.4) is 0 Å². The number of nitrogens with one attached hydrogen (secondary N) is 1. The molecule has 0 aliphatic carbocycles. The maximum atomic E-state index is 9.54. The summed E-state index contributed by atoms with van der Waals surface area (Å²) in [4.78, 5) is 2.54. The van der Waals surface area contributed by atoms with Gasteiger partial charge < -0.3 is 15.3 Å². The molecule has 1 aliphatic rings. The van der Waals surface area contributed by atoms with Crippen molar-refractivity contribution in [2.45, 2.75) is 64.6 Å². The summed E-state index contributed by atoms with van der Waals surface area (Å²) in [5, 5.41) is 13.0. The zero-order valence-electron chi connectivity index (χ0n) is 11.3. The van der Waals surface area contributed by atoms with Gasteiger partial charge in [-0.1, -0.05) is 13.8 Å². The van der Waals surface area contributed by atoms with Crippen LogP contribution in [0.25, 0.3) is 0 Å². The Balaban J connectivity index is 2.47. The van der Waals surface area contributed by atoms with Gasteiger partial charge in [-0.2, -0.15) is 0 Å². The van der Waals surface area contributed by atoms with Gasteiger partial charge in [0.2, 0.25) is 0 Å². The van der Waals surface area contributed by atoms with Crippen LogP contribution in [-0.2, 0) is 0 Å². The van der Waals surface area contributed by atoms with Gasteiger partial charge in [0, 0.05) is 17.6 Å². The first-order chi connectivity index (χ1) is 7.47. The molecular weight excluding hydrogens is 200 g/mol. The molecule has 1 heterocycles. The summed E-state index contributed by atoms with van der Waals surface area (Å²) >= 11 is 0. The molecule has 2 atom stereocenters. The zero-order valence-corrected chi connectivity index (χ0v) is 11.3. The van der Waals surface area contributed by atoms with Crippen molar-refractivity contribution in [3.63, 3.8) is 0 Å². The summed E-state index contributed by atoms with van der Waals surface area (Å²) in [7, 11) is 0. The molecule has 1 aliphatic heterocycles. The maximum Gasteiger partial charge on any atom is 0.0611 e. The molecule has 0 aromatic rings. The molecule has 0 amide bonds. The summed E-state index contributed by atoms with van der Waals surface area (Å²) in [6, 6.07) is 0.980. The van der Waals surface area contributed by atoms with Gasteiger partial charge in [0.05, 0.1) is 6.61 Å². The van der Waals surface area contributed by atoms with E-state index < -0.39 is 0 Å². The Morgan fingerprint density at radius 1 is 1.25 bits per heavy atom. The largest absolute Gasteiger partial charge is 0.394 e. The summed E-state index contributed by atoms with van der Waals surface area (Å²) in [6.45, 7) is 11.3. The van der Waals surface area contributed by atoms with Crippen LogP contribution >= 0.6 is 0 Å². The van der Waals surface area contributed by atoms with E-state index >= 15 is 0 Å². The van der Waals surface area contributed by atoms with E-state index in [0.717, 1.165) is 6.42 Å². The van der Waals surface area contributed by atoms with E-state index in [9.17, 15) is 5.11 Å². The predicted molar refractivity (Wildman–Crippen MR) is 68.6 cm³/mol. The topological polar surface area (TPSA) is 35.5 Å². The van der Waals surface area contributed by atoms with E-state index in [-0.39, 0.29) is 12.1 Å². The highest BCUT2D eigenvalue weighted by molar-refractivity contribution is 4.89. The van der Waals surface area contributed by atoms with Crippen molar-refractivity contribution in [1.29, 1.82) is 0 Å². The van der Waals surface area contributed by atoms with Crippen LogP contribution in [0.4, 0.5) is 0 Å². The van der Waals surface area contributed by atoms with E-state index in [1.54, 1.807) is 0 Å². The van der Waals surface area contributed by atoms with Crippen LogP contribution in [0.5, 0.6) is 0 Å². The van der Waals surface area contributed by atoms with Gasteiger partial charge in [0.1, 0.15) is 0 Å². The lowest BCUT2D eigenvalue weighted by Crippen LogP contribution is -2.52. The molecule has 2 unspecified atom stereocenters. The van der Waals surface area contributed by atoms with Crippen molar-refractivity contribution in [3.8, 4) is 0 Å². The Hall–Kier alpha value is -0.120. The molecule has 0 radical (unpaired) electrons. The van der Waals surface area contributed by atoms with Crippen LogP contribution < -0.4 is 5.32 Å². The Labute approximate surface area is 100 Å². The lowest BCUT2D eigenvalue weighted by Gasteiger charge is -2.36. The van der Waals surface area contributed by atoms with E-state index in [1.165, 1.54) is 25.9 Å². The van der Waals surface area contributed by atoms with Crippen molar-refractivity contribution < 1.29 is 5.11 Å². The van der Waals surface area contributed by atoms with Crippen LogP contribution in [-0.4, -0.2) is 47.3 Å². The third kappa shape index (κ3) is 4.04. The van der Waals surface area contributed by atoms with Crippen LogP contribution in [0.15, 0.2) is 0 Å². The molecular formula is C13H28N2O. The number of hydrogen-bond donors (Lipinski definition) is 2. The molecule has 16 heavy (non-hydrogen) atoms. The fourth-order valence-corrected chi connectivity index (χ4v) is 2.83. The normalized spacial score (nSPS) is 23.6.